The Labute approximate surface area is 87.1 Å². The van der Waals surface area contributed by atoms with E-state index in [1.165, 1.54) is 12.8 Å². The van der Waals surface area contributed by atoms with Crippen molar-refractivity contribution >= 4 is 5.91 Å². The van der Waals surface area contributed by atoms with Crippen LogP contribution < -0.4 is 0 Å². The SMILES string of the molecule is C[C@H]1CCCN(C(=O)CCN(C)C)C1. The molecule has 0 radical (unpaired) electrons. The quantitative estimate of drug-likeness (QED) is 0.680. The monoisotopic (exact) mass is 198 g/mol. The van der Waals surface area contributed by atoms with Gasteiger partial charge in [-0.3, -0.25) is 4.79 Å². The lowest BCUT2D eigenvalue weighted by atomic mass is 10.00. The van der Waals surface area contributed by atoms with Crippen LogP contribution in [0.2, 0.25) is 0 Å². The molecule has 1 heterocycles. The highest BCUT2D eigenvalue weighted by atomic mass is 16.2. The highest BCUT2D eigenvalue weighted by Gasteiger charge is 2.20. The molecule has 0 spiro atoms. The Morgan fingerprint density at radius 3 is 2.79 bits per heavy atom. The van der Waals surface area contributed by atoms with Crippen LogP contribution in [0.4, 0.5) is 0 Å². The molecule has 0 unspecified atom stereocenters. The minimum absolute atomic E-state index is 0.324. The second kappa shape index (κ2) is 5.35. The van der Waals surface area contributed by atoms with Gasteiger partial charge in [0, 0.05) is 26.1 Å². The van der Waals surface area contributed by atoms with E-state index in [0.717, 1.165) is 19.6 Å². The molecule has 1 aliphatic rings. The Bertz CT molecular complexity index is 192. The number of nitrogens with zero attached hydrogens (tertiary/aromatic N) is 2. The van der Waals surface area contributed by atoms with Gasteiger partial charge in [0.2, 0.25) is 5.91 Å². The predicted molar refractivity (Wildman–Crippen MR) is 58.1 cm³/mol. The Morgan fingerprint density at radius 2 is 2.21 bits per heavy atom. The molecular weight excluding hydrogens is 176 g/mol. The number of rotatable bonds is 3. The number of hydrogen-bond donors (Lipinski definition) is 0. The van der Waals surface area contributed by atoms with Gasteiger partial charge in [0.05, 0.1) is 0 Å². The van der Waals surface area contributed by atoms with Crippen LogP contribution in [0.15, 0.2) is 0 Å². The minimum atomic E-state index is 0.324. The van der Waals surface area contributed by atoms with E-state index in [0.29, 0.717) is 18.2 Å². The second-order valence-corrected chi connectivity index (χ2v) is 4.64. The first-order valence-corrected chi connectivity index (χ1v) is 5.52. The summed E-state index contributed by atoms with van der Waals surface area (Å²) in [5.74, 6) is 1.01. The molecule has 1 fully saturated rings. The van der Waals surface area contributed by atoms with Gasteiger partial charge in [-0.2, -0.15) is 0 Å². The zero-order chi connectivity index (χ0) is 10.6. The Hall–Kier alpha value is -0.570. The van der Waals surface area contributed by atoms with Gasteiger partial charge in [-0.15, -0.1) is 0 Å². The van der Waals surface area contributed by atoms with Crippen molar-refractivity contribution in [2.45, 2.75) is 26.2 Å². The molecule has 1 amide bonds. The maximum absolute atomic E-state index is 11.7. The number of hydrogen-bond acceptors (Lipinski definition) is 2. The summed E-state index contributed by atoms with van der Waals surface area (Å²) in [5, 5.41) is 0. The van der Waals surface area contributed by atoms with Crippen LogP contribution in [-0.2, 0) is 4.79 Å². The first-order chi connectivity index (χ1) is 6.59. The molecule has 1 saturated heterocycles. The zero-order valence-corrected chi connectivity index (χ0v) is 9.62. The van der Waals surface area contributed by atoms with E-state index < -0.39 is 0 Å². The maximum Gasteiger partial charge on any atom is 0.223 e. The summed E-state index contributed by atoms with van der Waals surface area (Å²) in [7, 11) is 4.01. The molecular formula is C11H22N2O. The van der Waals surface area contributed by atoms with Crippen molar-refractivity contribution in [3.05, 3.63) is 0 Å². The number of likely N-dealkylation sites (tertiary alicyclic amines) is 1. The zero-order valence-electron chi connectivity index (χ0n) is 9.62. The molecule has 3 heteroatoms. The molecule has 0 N–H and O–H groups in total. The summed E-state index contributed by atoms with van der Waals surface area (Å²) in [5.41, 5.74) is 0. The molecule has 0 aromatic heterocycles. The Morgan fingerprint density at radius 1 is 1.50 bits per heavy atom. The van der Waals surface area contributed by atoms with Crippen molar-refractivity contribution < 1.29 is 4.79 Å². The van der Waals surface area contributed by atoms with Gasteiger partial charge in [-0.1, -0.05) is 6.92 Å². The summed E-state index contributed by atoms with van der Waals surface area (Å²) < 4.78 is 0. The lowest BCUT2D eigenvalue weighted by Crippen LogP contribution is -2.40. The van der Waals surface area contributed by atoms with Crippen molar-refractivity contribution in [3.8, 4) is 0 Å². The normalized spacial score (nSPS) is 22.9. The molecule has 1 rings (SSSR count). The van der Waals surface area contributed by atoms with Crippen LogP contribution in [0.3, 0.4) is 0 Å². The van der Waals surface area contributed by atoms with Crippen molar-refractivity contribution in [2.75, 3.05) is 33.7 Å². The third-order valence-electron chi connectivity index (χ3n) is 2.78. The number of carbonyl (C=O) groups excluding carboxylic acids is 1. The molecule has 1 atom stereocenters. The standard InChI is InChI=1S/C11H22N2O/c1-10-5-4-7-13(9-10)11(14)6-8-12(2)3/h10H,4-9H2,1-3H3/t10-/m0/s1. The molecule has 0 aromatic rings. The topological polar surface area (TPSA) is 23.6 Å². The number of piperidine rings is 1. The molecule has 14 heavy (non-hydrogen) atoms. The molecule has 0 aliphatic carbocycles. The van der Waals surface area contributed by atoms with E-state index in [4.69, 9.17) is 0 Å². The number of carbonyl (C=O) groups is 1. The van der Waals surface area contributed by atoms with E-state index in [1.54, 1.807) is 0 Å². The summed E-state index contributed by atoms with van der Waals surface area (Å²) in [6.45, 7) is 5.03. The van der Waals surface area contributed by atoms with Gasteiger partial charge >= 0.3 is 0 Å². The fourth-order valence-electron chi connectivity index (χ4n) is 1.89. The van der Waals surface area contributed by atoms with E-state index in [1.807, 2.05) is 19.0 Å². The van der Waals surface area contributed by atoms with Gasteiger partial charge in [-0.05, 0) is 32.9 Å². The maximum atomic E-state index is 11.7. The lowest BCUT2D eigenvalue weighted by molar-refractivity contribution is -0.133. The highest BCUT2D eigenvalue weighted by Crippen LogP contribution is 2.15. The van der Waals surface area contributed by atoms with Crippen LogP contribution in [0.25, 0.3) is 0 Å². The van der Waals surface area contributed by atoms with Crippen molar-refractivity contribution in [1.82, 2.24) is 9.80 Å². The van der Waals surface area contributed by atoms with Gasteiger partial charge in [0.25, 0.3) is 0 Å². The predicted octanol–water partition coefficient (Wildman–Crippen LogP) is 1.20. The highest BCUT2D eigenvalue weighted by molar-refractivity contribution is 5.76. The van der Waals surface area contributed by atoms with E-state index in [2.05, 4.69) is 11.8 Å². The smallest absolute Gasteiger partial charge is 0.223 e. The first-order valence-electron chi connectivity index (χ1n) is 5.52. The van der Waals surface area contributed by atoms with Crippen LogP contribution >= 0.6 is 0 Å². The third-order valence-corrected chi connectivity index (χ3v) is 2.78. The van der Waals surface area contributed by atoms with Crippen molar-refractivity contribution in [3.63, 3.8) is 0 Å². The average molecular weight is 198 g/mol. The van der Waals surface area contributed by atoms with Gasteiger partial charge in [-0.25, -0.2) is 0 Å². The van der Waals surface area contributed by atoms with Crippen molar-refractivity contribution in [2.24, 2.45) is 5.92 Å². The summed E-state index contributed by atoms with van der Waals surface area (Å²) >= 11 is 0. The fraction of sp³-hybridized carbons (Fsp3) is 0.909. The molecule has 0 aromatic carbocycles. The first kappa shape index (κ1) is 11.5. The minimum Gasteiger partial charge on any atom is -0.342 e. The van der Waals surface area contributed by atoms with Crippen LogP contribution in [-0.4, -0.2) is 49.4 Å². The van der Waals surface area contributed by atoms with Gasteiger partial charge in [0.15, 0.2) is 0 Å². The van der Waals surface area contributed by atoms with Crippen LogP contribution in [0.1, 0.15) is 26.2 Å². The molecule has 82 valence electrons. The fourth-order valence-corrected chi connectivity index (χ4v) is 1.89. The molecule has 1 aliphatic heterocycles. The average Bonchev–Trinajstić information content (AvgIpc) is 2.14. The van der Waals surface area contributed by atoms with Crippen molar-refractivity contribution in [1.29, 1.82) is 0 Å². The van der Waals surface area contributed by atoms with E-state index in [9.17, 15) is 4.79 Å². The Balaban J connectivity index is 2.29. The molecule has 0 bridgehead atoms. The third kappa shape index (κ3) is 3.66. The van der Waals surface area contributed by atoms with E-state index in [-0.39, 0.29) is 0 Å². The van der Waals surface area contributed by atoms with Crippen LogP contribution in [0, 0.1) is 5.92 Å². The van der Waals surface area contributed by atoms with Gasteiger partial charge in [0.1, 0.15) is 0 Å². The number of amides is 1. The molecule has 3 nitrogen and oxygen atoms in total. The largest absolute Gasteiger partial charge is 0.342 e. The Kier molecular flexibility index (Phi) is 4.39. The summed E-state index contributed by atoms with van der Waals surface area (Å²) in [6, 6.07) is 0. The van der Waals surface area contributed by atoms with Crippen LogP contribution in [0.5, 0.6) is 0 Å². The van der Waals surface area contributed by atoms with E-state index >= 15 is 0 Å². The lowest BCUT2D eigenvalue weighted by Gasteiger charge is -2.31. The summed E-state index contributed by atoms with van der Waals surface area (Å²) in [6.07, 6.45) is 3.12. The second-order valence-electron chi connectivity index (χ2n) is 4.64. The molecule has 0 saturated carbocycles. The summed E-state index contributed by atoms with van der Waals surface area (Å²) in [4.78, 5) is 15.8. The van der Waals surface area contributed by atoms with Gasteiger partial charge < -0.3 is 9.80 Å².